The number of methoxy groups -OCH3 is 1. The van der Waals surface area contributed by atoms with Gasteiger partial charge in [0.2, 0.25) is 0 Å². The minimum atomic E-state index is -0.296. The number of ether oxygens (including phenoxy) is 1. The van der Waals surface area contributed by atoms with Crippen LogP contribution in [0.3, 0.4) is 0 Å². The van der Waals surface area contributed by atoms with Crippen LogP contribution in [-0.2, 0) is 18.3 Å². The Morgan fingerprint density at radius 3 is 2.70 bits per heavy atom. The lowest BCUT2D eigenvalue weighted by Crippen LogP contribution is -2.14. The minimum absolute atomic E-state index is 0.215. The summed E-state index contributed by atoms with van der Waals surface area (Å²) in [4.78, 5) is 16.9. The second-order valence-corrected chi connectivity index (χ2v) is 6.10. The van der Waals surface area contributed by atoms with Gasteiger partial charge in [-0.25, -0.2) is 4.39 Å². The summed E-state index contributed by atoms with van der Waals surface area (Å²) >= 11 is 1.30. The predicted octanol–water partition coefficient (Wildman–Crippen LogP) is 3.06. The first kappa shape index (κ1) is 15.4. The molecule has 3 aromatic rings. The van der Waals surface area contributed by atoms with E-state index in [1.165, 1.54) is 23.5 Å². The highest BCUT2D eigenvalue weighted by Gasteiger charge is 2.07. The Kier molecular flexibility index (Phi) is 4.25. The zero-order valence-corrected chi connectivity index (χ0v) is 13.6. The number of aryl methyl sites for hydroxylation is 1. The third-order valence-corrected chi connectivity index (χ3v) is 4.60. The molecular formula is C17H15FN2O2S. The van der Waals surface area contributed by atoms with Crippen LogP contribution in [0.25, 0.3) is 10.2 Å². The zero-order valence-electron chi connectivity index (χ0n) is 12.7. The molecule has 4 nitrogen and oxygen atoms in total. The fraction of sp³-hybridized carbons (Fsp3) is 0.176. The van der Waals surface area contributed by atoms with Gasteiger partial charge in [0.15, 0.2) is 4.80 Å². The van der Waals surface area contributed by atoms with Crippen LogP contribution in [0.1, 0.15) is 5.56 Å². The second-order valence-electron chi connectivity index (χ2n) is 5.09. The molecule has 1 aromatic heterocycles. The van der Waals surface area contributed by atoms with Crippen molar-refractivity contribution < 1.29 is 13.9 Å². The van der Waals surface area contributed by atoms with Gasteiger partial charge in [0.25, 0.3) is 5.91 Å². The maximum absolute atomic E-state index is 13.3. The van der Waals surface area contributed by atoms with Crippen LogP contribution in [0.5, 0.6) is 5.75 Å². The van der Waals surface area contributed by atoms with Crippen molar-refractivity contribution >= 4 is 27.5 Å². The molecule has 1 amide bonds. The van der Waals surface area contributed by atoms with E-state index < -0.39 is 0 Å². The lowest BCUT2D eigenvalue weighted by Gasteiger charge is -2.01. The number of rotatable bonds is 3. The number of amides is 1. The molecule has 0 unspecified atom stereocenters. The molecule has 1 heterocycles. The second kappa shape index (κ2) is 6.34. The van der Waals surface area contributed by atoms with Gasteiger partial charge in [0.1, 0.15) is 11.6 Å². The molecule has 0 aliphatic carbocycles. The largest absolute Gasteiger partial charge is 0.497 e. The average Bonchev–Trinajstić information content (AvgIpc) is 2.83. The number of nitrogens with zero attached hydrogens (tertiary/aromatic N) is 2. The van der Waals surface area contributed by atoms with Crippen molar-refractivity contribution in [1.29, 1.82) is 0 Å². The van der Waals surface area contributed by atoms with E-state index in [9.17, 15) is 9.18 Å². The summed E-state index contributed by atoms with van der Waals surface area (Å²) in [6.07, 6.45) is 0.215. The van der Waals surface area contributed by atoms with Gasteiger partial charge in [-0.1, -0.05) is 23.5 Å². The molecule has 118 valence electrons. The molecule has 6 heteroatoms. The van der Waals surface area contributed by atoms with Crippen molar-refractivity contribution in [3.63, 3.8) is 0 Å². The number of carbonyl (C=O) groups excluding carboxylic acids is 1. The van der Waals surface area contributed by atoms with Gasteiger partial charge in [-0.05, 0) is 35.9 Å². The number of halogens is 1. The Hall–Kier alpha value is -2.47. The monoisotopic (exact) mass is 330 g/mol. The number of hydrogen-bond donors (Lipinski definition) is 0. The highest BCUT2D eigenvalue weighted by Crippen LogP contribution is 2.17. The summed E-state index contributed by atoms with van der Waals surface area (Å²) in [5.41, 5.74) is 1.72. The van der Waals surface area contributed by atoms with Gasteiger partial charge >= 0.3 is 0 Å². The van der Waals surface area contributed by atoms with E-state index in [2.05, 4.69) is 4.99 Å². The van der Waals surface area contributed by atoms with E-state index in [0.29, 0.717) is 4.80 Å². The SMILES string of the molecule is COc1ccc(CC(=O)N=c2sc3cc(F)ccc3n2C)cc1. The third-order valence-electron chi connectivity index (χ3n) is 3.51. The van der Waals surface area contributed by atoms with E-state index >= 15 is 0 Å². The van der Waals surface area contributed by atoms with Crippen LogP contribution in [0, 0.1) is 5.82 Å². The van der Waals surface area contributed by atoms with Crippen LogP contribution < -0.4 is 9.54 Å². The molecule has 0 fully saturated rings. The fourth-order valence-corrected chi connectivity index (χ4v) is 3.34. The van der Waals surface area contributed by atoms with Gasteiger partial charge < -0.3 is 9.30 Å². The van der Waals surface area contributed by atoms with Crippen LogP contribution in [0.15, 0.2) is 47.5 Å². The Morgan fingerprint density at radius 1 is 1.26 bits per heavy atom. The van der Waals surface area contributed by atoms with E-state index in [0.717, 1.165) is 21.5 Å². The number of carbonyl (C=O) groups is 1. The van der Waals surface area contributed by atoms with Crippen LogP contribution in [0.4, 0.5) is 4.39 Å². The smallest absolute Gasteiger partial charge is 0.252 e. The molecule has 0 spiro atoms. The average molecular weight is 330 g/mol. The van der Waals surface area contributed by atoms with Crippen molar-refractivity contribution in [3.05, 3.63) is 58.6 Å². The fourth-order valence-electron chi connectivity index (χ4n) is 2.28. The summed E-state index contributed by atoms with van der Waals surface area (Å²) in [5, 5.41) is 0. The first-order chi connectivity index (χ1) is 11.1. The highest BCUT2D eigenvalue weighted by atomic mass is 32.1. The Labute approximate surface area is 136 Å². The normalized spacial score (nSPS) is 11.9. The molecule has 0 aliphatic rings. The molecule has 23 heavy (non-hydrogen) atoms. The van der Waals surface area contributed by atoms with Crippen molar-refractivity contribution in [2.45, 2.75) is 6.42 Å². The molecule has 0 radical (unpaired) electrons. The number of aromatic nitrogens is 1. The zero-order chi connectivity index (χ0) is 16.4. The Morgan fingerprint density at radius 2 is 2.00 bits per heavy atom. The number of hydrogen-bond acceptors (Lipinski definition) is 3. The van der Waals surface area contributed by atoms with Crippen molar-refractivity contribution in [1.82, 2.24) is 4.57 Å². The summed E-state index contributed by atoms with van der Waals surface area (Å²) in [6, 6.07) is 11.8. The van der Waals surface area contributed by atoms with E-state index in [1.807, 2.05) is 31.3 Å². The molecule has 0 saturated carbocycles. The van der Waals surface area contributed by atoms with Gasteiger partial charge in [0.05, 0.1) is 23.7 Å². The van der Waals surface area contributed by atoms with Gasteiger partial charge in [0, 0.05) is 7.05 Å². The van der Waals surface area contributed by atoms with Crippen molar-refractivity contribution in [3.8, 4) is 5.75 Å². The van der Waals surface area contributed by atoms with E-state index in [4.69, 9.17) is 4.74 Å². The summed E-state index contributed by atoms with van der Waals surface area (Å²) in [5.74, 6) is 0.212. The quantitative estimate of drug-likeness (QED) is 0.741. The molecule has 0 bridgehead atoms. The number of benzene rings is 2. The molecule has 0 saturated heterocycles. The number of fused-ring (bicyclic) bond motifs is 1. The Balaban J connectivity index is 1.88. The molecule has 0 atom stereocenters. The van der Waals surface area contributed by atoms with E-state index in [-0.39, 0.29) is 18.1 Å². The molecular weight excluding hydrogens is 315 g/mol. The first-order valence-corrected chi connectivity index (χ1v) is 7.84. The van der Waals surface area contributed by atoms with Crippen LogP contribution in [0.2, 0.25) is 0 Å². The molecule has 0 N–H and O–H groups in total. The summed E-state index contributed by atoms with van der Waals surface area (Å²) < 4.78 is 20.9. The van der Waals surface area contributed by atoms with Crippen molar-refractivity contribution in [2.75, 3.05) is 7.11 Å². The minimum Gasteiger partial charge on any atom is -0.497 e. The molecule has 3 rings (SSSR count). The van der Waals surface area contributed by atoms with E-state index in [1.54, 1.807) is 17.7 Å². The third kappa shape index (κ3) is 3.32. The predicted molar refractivity (Wildman–Crippen MR) is 88.0 cm³/mol. The summed E-state index contributed by atoms with van der Waals surface area (Å²) in [6.45, 7) is 0. The van der Waals surface area contributed by atoms with Crippen LogP contribution in [-0.4, -0.2) is 17.6 Å². The van der Waals surface area contributed by atoms with Gasteiger partial charge in [-0.3, -0.25) is 4.79 Å². The first-order valence-electron chi connectivity index (χ1n) is 7.02. The number of thiazole rings is 1. The van der Waals surface area contributed by atoms with Gasteiger partial charge in [-0.15, -0.1) is 0 Å². The van der Waals surface area contributed by atoms with Crippen molar-refractivity contribution in [2.24, 2.45) is 12.0 Å². The van der Waals surface area contributed by atoms with Crippen LogP contribution >= 0.6 is 11.3 Å². The maximum atomic E-state index is 13.3. The molecule has 0 aliphatic heterocycles. The maximum Gasteiger partial charge on any atom is 0.252 e. The standard InChI is InChI=1S/C17H15FN2O2S/c1-20-14-8-5-12(18)10-15(14)23-17(20)19-16(21)9-11-3-6-13(22-2)7-4-11/h3-8,10H,9H2,1-2H3. The molecule has 2 aromatic carbocycles. The van der Waals surface area contributed by atoms with Gasteiger partial charge in [-0.2, -0.15) is 4.99 Å². The summed E-state index contributed by atoms with van der Waals surface area (Å²) in [7, 11) is 3.41. The Bertz CT molecular complexity index is 926. The highest BCUT2D eigenvalue weighted by molar-refractivity contribution is 7.16. The lowest BCUT2D eigenvalue weighted by molar-refractivity contribution is -0.117. The lowest BCUT2D eigenvalue weighted by atomic mass is 10.1. The topological polar surface area (TPSA) is 43.6 Å².